The summed E-state index contributed by atoms with van der Waals surface area (Å²) in [5.74, 6) is 0.889. The SMILES string of the molecule is CCCC(C1CCNC1)N(C)C. The first-order chi connectivity index (χ1) is 5.75. The van der Waals surface area contributed by atoms with Crippen molar-refractivity contribution in [2.24, 2.45) is 5.92 Å². The van der Waals surface area contributed by atoms with Crippen LogP contribution in [-0.2, 0) is 0 Å². The van der Waals surface area contributed by atoms with E-state index in [2.05, 4.69) is 31.2 Å². The van der Waals surface area contributed by atoms with Crippen molar-refractivity contribution in [3.05, 3.63) is 0 Å². The van der Waals surface area contributed by atoms with Crippen LogP contribution in [0.1, 0.15) is 26.2 Å². The van der Waals surface area contributed by atoms with Crippen molar-refractivity contribution in [3.63, 3.8) is 0 Å². The van der Waals surface area contributed by atoms with Crippen molar-refractivity contribution in [1.82, 2.24) is 10.2 Å². The van der Waals surface area contributed by atoms with Crippen LogP contribution in [0.5, 0.6) is 0 Å². The van der Waals surface area contributed by atoms with Crippen molar-refractivity contribution in [2.75, 3.05) is 27.2 Å². The van der Waals surface area contributed by atoms with Crippen LogP contribution >= 0.6 is 0 Å². The van der Waals surface area contributed by atoms with Gasteiger partial charge < -0.3 is 10.2 Å². The van der Waals surface area contributed by atoms with Gasteiger partial charge in [-0.1, -0.05) is 13.3 Å². The largest absolute Gasteiger partial charge is 0.316 e. The molecule has 2 nitrogen and oxygen atoms in total. The van der Waals surface area contributed by atoms with E-state index >= 15 is 0 Å². The maximum atomic E-state index is 3.44. The minimum absolute atomic E-state index is 0.796. The highest BCUT2D eigenvalue weighted by molar-refractivity contribution is 4.82. The molecule has 1 rings (SSSR count). The monoisotopic (exact) mass is 170 g/mol. The fourth-order valence-electron chi connectivity index (χ4n) is 2.22. The molecule has 0 aliphatic carbocycles. The molecule has 1 aliphatic rings. The summed E-state index contributed by atoms with van der Waals surface area (Å²) in [4.78, 5) is 2.39. The quantitative estimate of drug-likeness (QED) is 0.684. The number of hydrogen-bond donors (Lipinski definition) is 1. The van der Waals surface area contributed by atoms with Crippen LogP contribution in [0.3, 0.4) is 0 Å². The van der Waals surface area contributed by atoms with E-state index in [9.17, 15) is 0 Å². The molecule has 0 spiro atoms. The van der Waals surface area contributed by atoms with E-state index in [1.54, 1.807) is 0 Å². The van der Waals surface area contributed by atoms with Gasteiger partial charge in [0.2, 0.25) is 0 Å². The molecule has 0 bridgehead atoms. The topological polar surface area (TPSA) is 15.3 Å². The molecule has 1 aliphatic heterocycles. The Morgan fingerprint density at radius 2 is 2.25 bits per heavy atom. The Bertz CT molecular complexity index is 117. The summed E-state index contributed by atoms with van der Waals surface area (Å²) >= 11 is 0. The van der Waals surface area contributed by atoms with Gasteiger partial charge in [0.1, 0.15) is 0 Å². The highest BCUT2D eigenvalue weighted by atomic mass is 15.1. The molecule has 0 aromatic heterocycles. The minimum atomic E-state index is 0.796. The van der Waals surface area contributed by atoms with Crippen molar-refractivity contribution in [1.29, 1.82) is 0 Å². The maximum absolute atomic E-state index is 3.44. The molecule has 2 heteroatoms. The zero-order valence-electron chi connectivity index (χ0n) is 8.64. The number of nitrogens with zero attached hydrogens (tertiary/aromatic N) is 1. The highest BCUT2D eigenvalue weighted by Gasteiger charge is 2.25. The molecule has 0 saturated carbocycles. The van der Waals surface area contributed by atoms with E-state index in [1.165, 1.54) is 32.4 Å². The van der Waals surface area contributed by atoms with E-state index < -0.39 is 0 Å². The van der Waals surface area contributed by atoms with Crippen molar-refractivity contribution >= 4 is 0 Å². The summed E-state index contributed by atoms with van der Waals surface area (Å²) in [6.45, 7) is 4.72. The van der Waals surface area contributed by atoms with Gasteiger partial charge in [0.05, 0.1) is 0 Å². The minimum Gasteiger partial charge on any atom is -0.316 e. The summed E-state index contributed by atoms with van der Waals surface area (Å²) in [7, 11) is 4.41. The van der Waals surface area contributed by atoms with Gasteiger partial charge >= 0.3 is 0 Å². The third kappa shape index (κ3) is 2.46. The van der Waals surface area contributed by atoms with Crippen molar-refractivity contribution < 1.29 is 0 Å². The van der Waals surface area contributed by atoms with Crippen LogP contribution in [0.25, 0.3) is 0 Å². The maximum Gasteiger partial charge on any atom is 0.0130 e. The van der Waals surface area contributed by atoms with Gasteiger partial charge in [-0.3, -0.25) is 0 Å². The van der Waals surface area contributed by atoms with Crippen LogP contribution in [0.4, 0.5) is 0 Å². The Balaban J connectivity index is 2.40. The molecule has 0 aromatic carbocycles. The molecular formula is C10H22N2. The predicted molar refractivity (Wildman–Crippen MR) is 53.4 cm³/mol. The highest BCUT2D eigenvalue weighted by Crippen LogP contribution is 2.20. The standard InChI is InChI=1S/C10H22N2/c1-4-5-10(12(2)3)9-6-7-11-8-9/h9-11H,4-8H2,1-3H3. The average Bonchev–Trinajstić information content (AvgIpc) is 2.51. The van der Waals surface area contributed by atoms with Gasteiger partial charge in [-0.15, -0.1) is 0 Å². The van der Waals surface area contributed by atoms with Crippen molar-refractivity contribution in [3.8, 4) is 0 Å². The Labute approximate surface area is 76.3 Å². The molecule has 0 amide bonds. The molecule has 0 aromatic rings. The van der Waals surface area contributed by atoms with Crippen LogP contribution < -0.4 is 5.32 Å². The van der Waals surface area contributed by atoms with Gasteiger partial charge in [0.15, 0.2) is 0 Å². The first-order valence-electron chi connectivity index (χ1n) is 5.12. The second-order valence-electron chi connectivity index (χ2n) is 4.07. The number of rotatable bonds is 4. The number of hydrogen-bond acceptors (Lipinski definition) is 2. The molecule has 1 saturated heterocycles. The van der Waals surface area contributed by atoms with Gasteiger partial charge in [-0.05, 0) is 45.9 Å². The van der Waals surface area contributed by atoms with Gasteiger partial charge in [-0.2, -0.15) is 0 Å². The van der Waals surface area contributed by atoms with E-state index in [1.807, 2.05) is 0 Å². The molecule has 72 valence electrons. The Kier molecular flexibility index (Phi) is 4.02. The predicted octanol–water partition coefficient (Wildman–Crippen LogP) is 1.33. The molecule has 2 atom stereocenters. The van der Waals surface area contributed by atoms with Gasteiger partial charge in [0.25, 0.3) is 0 Å². The fourth-order valence-corrected chi connectivity index (χ4v) is 2.22. The molecule has 2 unspecified atom stereocenters. The van der Waals surface area contributed by atoms with Crippen molar-refractivity contribution in [2.45, 2.75) is 32.2 Å². The lowest BCUT2D eigenvalue weighted by Crippen LogP contribution is -2.36. The molecule has 1 heterocycles. The summed E-state index contributed by atoms with van der Waals surface area (Å²) in [6, 6.07) is 0.796. The smallest absolute Gasteiger partial charge is 0.0130 e. The Morgan fingerprint density at radius 3 is 2.67 bits per heavy atom. The van der Waals surface area contributed by atoms with E-state index in [-0.39, 0.29) is 0 Å². The molecule has 12 heavy (non-hydrogen) atoms. The summed E-state index contributed by atoms with van der Waals surface area (Å²) < 4.78 is 0. The second-order valence-corrected chi connectivity index (χ2v) is 4.07. The van der Waals surface area contributed by atoms with Crippen LogP contribution in [0.2, 0.25) is 0 Å². The van der Waals surface area contributed by atoms with E-state index in [0.717, 1.165) is 12.0 Å². The lowest BCUT2D eigenvalue weighted by Gasteiger charge is -2.29. The lowest BCUT2D eigenvalue weighted by atomic mass is 9.94. The lowest BCUT2D eigenvalue weighted by molar-refractivity contribution is 0.206. The van der Waals surface area contributed by atoms with Gasteiger partial charge in [0, 0.05) is 6.04 Å². The van der Waals surface area contributed by atoms with Crippen LogP contribution in [0, 0.1) is 5.92 Å². The van der Waals surface area contributed by atoms with Crippen LogP contribution in [0.15, 0.2) is 0 Å². The van der Waals surface area contributed by atoms with E-state index in [4.69, 9.17) is 0 Å². The van der Waals surface area contributed by atoms with Gasteiger partial charge in [-0.25, -0.2) is 0 Å². The summed E-state index contributed by atoms with van der Waals surface area (Å²) in [5, 5.41) is 3.44. The molecule has 1 N–H and O–H groups in total. The van der Waals surface area contributed by atoms with E-state index in [0.29, 0.717) is 0 Å². The first-order valence-corrected chi connectivity index (χ1v) is 5.12. The summed E-state index contributed by atoms with van der Waals surface area (Å²) in [6.07, 6.45) is 4.02. The number of nitrogens with one attached hydrogen (secondary N) is 1. The molecule has 0 radical (unpaired) electrons. The average molecular weight is 170 g/mol. The zero-order valence-corrected chi connectivity index (χ0v) is 8.64. The second kappa shape index (κ2) is 4.83. The Morgan fingerprint density at radius 1 is 1.50 bits per heavy atom. The normalized spacial score (nSPS) is 26.5. The Hall–Kier alpha value is -0.0800. The van der Waals surface area contributed by atoms with Crippen LogP contribution in [-0.4, -0.2) is 38.1 Å². The molecular weight excluding hydrogens is 148 g/mol. The fraction of sp³-hybridized carbons (Fsp3) is 1.00. The first kappa shape index (κ1) is 10.0. The molecule has 1 fully saturated rings. The third-order valence-electron chi connectivity index (χ3n) is 2.89. The zero-order chi connectivity index (χ0) is 8.97. The third-order valence-corrected chi connectivity index (χ3v) is 2.89. The summed E-state index contributed by atoms with van der Waals surface area (Å²) in [5.41, 5.74) is 0.